The standard InChI is InChI=1S/C12H22N6O2/c1-3-5-14-12(19)7-15-9-6-10(18-13)17-11(16-9)8-20-4-2/h6H,3-5,7-8,13H2,1-2H3,(H,14,19)(H2,15,16,17,18). The van der Waals surface area contributed by atoms with E-state index in [0.717, 1.165) is 6.42 Å². The number of carbonyl (C=O) groups excluding carboxylic acids is 1. The van der Waals surface area contributed by atoms with Crippen LogP contribution in [-0.2, 0) is 16.1 Å². The highest BCUT2D eigenvalue weighted by Crippen LogP contribution is 2.10. The number of hydrogen-bond donors (Lipinski definition) is 4. The monoisotopic (exact) mass is 282 g/mol. The fraction of sp³-hybridized carbons (Fsp3) is 0.583. The van der Waals surface area contributed by atoms with Gasteiger partial charge in [0.05, 0.1) is 6.54 Å². The molecular weight excluding hydrogens is 260 g/mol. The molecule has 0 aromatic carbocycles. The zero-order chi connectivity index (χ0) is 14.8. The molecule has 20 heavy (non-hydrogen) atoms. The molecule has 0 aliphatic carbocycles. The molecule has 1 rings (SSSR count). The van der Waals surface area contributed by atoms with E-state index < -0.39 is 0 Å². The zero-order valence-corrected chi connectivity index (χ0v) is 11.9. The van der Waals surface area contributed by atoms with Gasteiger partial charge in [-0.15, -0.1) is 0 Å². The Morgan fingerprint density at radius 2 is 2.10 bits per heavy atom. The summed E-state index contributed by atoms with van der Waals surface area (Å²) in [6, 6.07) is 1.63. The molecule has 0 unspecified atom stereocenters. The van der Waals surface area contributed by atoms with Crippen molar-refractivity contribution in [2.45, 2.75) is 26.9 Å². The van der Waals surface area contributed by atoms with Gasteiger partial charge in [0, 0.05) is 19.2 Å². The fourth-order valence-corrected chi connectivity index (χ4v) is 1.42. The maximum Gasteiger partial charge on any atom is 0.239 e. The van der Waals surface area contributed by atoms with Crippen molar-refractivity contribution in [1.29, 1.82) is 0 Å². The van der Waals surface area contributed by atoms with Crippen molar-refractivity contribution in [1.82, 2.24) is 15.3 Å². The lowest BCUT2D eigenvalue weighted by molar-refractivity contribution is -0.119. The molecule has 0 spiro atoms. The van der Waals surface area contributed by atoms with Gasteiger partial charge in [0.1, 0.15) is 18.2 Å². The van der Waals surface area contributed by atoms with Gasteiger partial charge in [0.2, 0.25) is 5.91 Å². The van der Waals surface area contributed by atoms with Gasteiger partial charge in [0.15, 0.2) is 5.82 Å². The average molecular weight is 282 g/mol. The van der Waals surface area contributed by atoms with Gasteiger partial charge >= 0.3 is 0 Å². The number of hydrogen-bond acceptors (Lipinski definition) is 7. The van der Waals surface area contributed by atoms with Gasteiger partial charge < -0.3 is 20.8 Å². The second-order valence-electron chi connectivity index (χ2n) is 4.04. The Morgan fingerprint density at radius 1 is 1.35 bits per heavy atom. The highest BCUT2D eigenvalue weighted by atomic mass is 16.5. The number of anilines is 2. The molecule has 1 aromatic heterocycles. The molecule has 0 bridgehead atoms. The van der Waals surface area contributed by atoms with Gasteiger partial charge in [-0.25, -0.2) is 15.8 Å². The minimum Gasteiger partial charge on any atom is -0.374 e. The van der Waals surface area contributed by atoms with Crippen LogP contribution in [0, 0.1) is 0 Å². The van der Waals surface area contributed by atoms with E-state index in [9.17, 15) is 4.79 Å². The SMILES string of the molecule is CCCNC(=O)CNc1cc(NN)nc(COCC)n1. The number of hydrazine groups is 1. The molecule has 112 valence electrons. The van der Waals surface area contributed by atoms with E-state index in [1.807, 2.05) is 13.8 Å². The van der Waals surface area contributed by atoms with Gasteiger partial charge in [-0.1, -0.05) is 6.92 Å². The maximum atomic E-state index is 11.5. The summed E-state index contributed by atoms with van der Waals surface area (Å²) >= 11 is 0. The third-order valence-corrected chi connectivity index (χ3v) is 2.36. The number of nitrogen functional groups attached to an aromatic ring is 1. The Morgan fingerprint density at radius 3 is 2.75 bits per heavy atom. The van der Waals surface area contributed by atoms with Crippen molar-refractivity contribution in [2.24, 2.45) is 5.84 Å². The van der Waals surface area contributed by atoms with Gasteiger partial charge in [-0.3, -0.25) is 4.79 Å². The van der Waals surface area contributed by atoms with Crippen LogP contribution in [0.4, 0.5) is 11.6 Å². The van der Waals surface area contributed by atoms with Gasteiger partial charge in [0.25, 0.3) is 0 Å². The summed E-state index contributed by atoms with van der Waals surface area (Å²) < 4.78 is 5.25. The highest BCUT2D eigenvalue weighted by molar-refractivity contribution is 5.80. The Labute approximate surface area is 118 Å². The minimum absolute atomic E-state index is 0.0842. The maximum absolute atomic E-state index is 11.5. The number of carbonyl (C=O) groups is 1. The molecule has 0 saturated heterocycles. The molecule has 8 nitrogen and oxygen atoms in total. The van der Waals surface area contributed by atoms with E-state index in [1.54, 1.807) is 6.07 Å². The number of aromatic nitrogens is 2. The molecule has 0 radical (unpaired) electrons. The quantitative estimate of drug-likeness (QED) is 0.379. The summed E-state index contributed by atoms with van der Waals surface area (Å²) in [7, 11) is 0. The largest absolute Gasteiger partial charge is 0.374 e. The first-order chi connectivity index (χ1) is 9.69. The van der Waals surface area contributed by atoms with E-state index in [0.29, 0.717) is 37.2 Å². The Hall–Kier alpha value is -1.93. The van der Waals surface area contributed by atoms with Crippen LogP contribution >= 0.6 is 0 Å². The molecule has 0 aliphatic heterocycles. The number of rotatable bonds is 9. The minimum atomic E-state index is -0.0842. The number of nitrogens with one attached hydrogen (secondary N) is 3. The van der Waals surface area contributed by atoms with Gasteiger partial charge in [-0.05, 0) is 13.3 Å². The van der Waals surface area contributed by atoms with E-state index in [1.165, 1.54) is 0 Å². The first kappa shape index (κ1) is 16.1. The predicted molar refractivity (Wildman–Crippen MR) is 77.0 cm³/mol. The summed E-state index contributed by atoms with van der Waals surface area (Å²) in [5.74, 6) is 6.75. The van der Waals surface area contributed by atoms with Crippen LogP contribution in [0.1, 0.15) is 26.1 Å². The Balaban J connectivity index is 2.61. The zero-order valence-electron chi connectivity index (χ0n) is 11.9. The van der Waals surface area contributed by atoms with E-state index >= 15 is 0 Å². The van der Waals surface area contributed by atoms with Crippen LogP contribution in [0.2, 0.25) is 0 Å². The number of ether oxygens (including phenoxy) is 1. The molecule has 5 N–H and O–H groups in total. The van der Waals surface area contributed by atoms with Crippen molar-refractivity contribution < 1.29 is 9.53 Å². The van der Waals surface area contributed by atoms with Crippen molar-refractivity contribution in [3.8, 4) is 0 Å². The second-order valence-corrected chi connectivity index (χ2v) is 4.04. The Bertz CT molecular complexity index is 426. The van der Waals surface area contributed by atoms with Crippen molar-refractivity contribution in [3.05, 3.63) is 11.9 Å². The van der Waals surface area contributed by atoms with Gasteiger partial charge in [-0.2, -0.15) is 0 Å². The van der Waals surface area contributed by atoms with Crippen LogP contribution in [0.25, 0.3) is 0 Å². The summed E-state index contributed by atoms with van der Waals surface area (Å²) in [5.41, 5.74) is 2.46. The third kappa shape index (κ3) is 5.81. The first-order valence-corrected chi connectivity index (χ1v) is 6.62. The number of amides is 1. The molecule has 0 fully saturated rings. The van der Waals surface area contributed by atoms with E-state index in [-0.39, 0.29) is 12.5 Å². The molecule has 0 atom stereocenters. The molecule has 0 saturated carbocycles. The van der Waals surface area contributed by atoms with Crippen LogP contribution < -0.4 is 21.9 Å². The summed E-state index contributed by atoms with van der Waals surface area (Å²) in [4.78, 5) is 19.9. The normalized spacial score (nSPS) is 10.2. The van der Waals surface area contributed by atoms with Crippen molar-refractivity contribution >= 4 is 17.5 Å². The lowest BCUT2D eigenvalue weighted by Crippen LogP contribution is -2.30. The summed E-state index contributed by atoms with van der Waals surface area (Å²) in [5, 5.41) is 5.70. The van der Waals surface area contributed by atoms with Crippen molar-refractivity contribution in [3.63, 3.8) is 0 Å². The Kier molecular flexibility index (Phi) is 7.30. The highest BCUT2D eigenvalue weighted by Gasteiger charge is 2.06. The van der Waals surface area contributed by atoms with Crippen LogP contribution in [-0.4, -0.2) is 35.6 Å². The molecule has 1 heterocycles. The topological polar surface area (TPSA) is 114 Å². The first-order valence-electron chi connectivity index (χ1n) is 6.62. The fourth-order valence-electron chi connectivity index (χ4n) is 1.42. The lowest BCUT2D eigenvalue weighted by atomic mass is 10.4. The van der Waals surface area contributed by atoms with E-state index in [2.05, 4.69) is 26.0 Å². The smallest absolute Gasteiger partial charge is 0.239 e. The molecule has 8 heteroatoms. The third-order valence-electron chi connectivity index (χ3n) is 2.36. The molecule has 1 aromatic rings. The molecule has 1 amide bonds. The number of nitrogens with zero attached hydrogens (tertiary/aromatic N) is 2. The lowest BCUT2D eigenvalue weighted by Gasteiger charge is -2.10. The van der Waals surface area contributed by atoms with Crippen molar-refractivity contribution in [2.75, 3.05) is 30.4 Å². The average Bonchev–Trinajstić information content (AvgIpc) is 2.48. The van der Waals surface area contributed by atoms with Crippen LogP contribution in [0.5, 0.6) is 0 Å². The molecular formula is C12H22N6O2. The summed E-state index contributed by atoms with van der Waals surface area (Å²) in [6.07, 6.45) is 0.902. The predicted octanol–water partition coefficient (Wildman–Crippen LogP) is 0.237. The summed E-state index contributed by atoms with van der Waals surface area (Å²) in [6.45, 7) is 5.57. The number of nitrogens with two attached hydrogens (primary N) is 1. The van der Waals surface area contributed by atoms with Crippen LogP contribution in [0.15, 0.2) is 6.07 Å². The molecule has 0 aliphatic rings. The van der Waals surface area contributed by atoms with E-state index in [4.69, 9.17) is 10.6 Å². The van der Waals surface area contributed by atoms with Crippen LogP contribution in [0.3, 0.4) is 0 Å². The second kappa shape index (κ2) is 9.05.